The Hall–Kier alpha value is -2.55. The lowest BCUT2D eigenvalue weighted by atomic mass is 10.1. The zero-order chi connectivity index (χ0) is 17.6. The molecular formula is C19H23N3O3. The van der Waals surface area contributed by atoms with Crippen LogP contribution in [-0.4, -0.2) is 38.3 Å². The van der Waals surface area contributed by atoms with E-state index in [2.05, 4.69) is 22.2 Å². The first-order valence-electron chi connectivity index (χ1n) is 8.69. The van der Waals surface area contributed by atoms with Crippen molar-refractivity contribution in [3.63, 3.8) is 0 Å². The predicted octanol–water partition coefficient (Wildman–Crippen LogP) is 3.73. The van der Waals surface area contributed by atoms with E-state index in [0.717, 1.165) is 38.8 Å². The molecule has 1 aromatic carbocycles. The zero-order valence-electron chi connectivity index (χ0n) is 14.7. The van der Waals surface area contributed by atoms with E-state index in [9.17, 15) is 4.79 Å². The van der Waals surface area contributed by atoms with Gasteiger partial charge in [-0.05, 0) is 44.2 Å². The van der Waals surface area contributed by atoms with Crippen LogP contribution in [0.25, 0.3) is 0 Å². The number of carbonyl (C=O) groups excluding carboxylic acids is 1. The Labute approximate surface area is 148 Å². The number of nitrogens with zero attached hydrogens (tertiary/aromatic N) is 3. The quantitative estimate of drug-likeness (QED) is 0.475. The molecule has 0 unspecified atom stereocenters. The molecule has 1 aliphatic heterocycles. The molecule has 1 heterocycles. The van der Waals surface area contributed by atoms with Crippen LogP contribution in [0, 0.1) is 17.8 Å². The lowest BCUT2D eigenvalue weighted by Gasteiger charge is -2.22. The molecule has 6 nitrogen and oxygen atoms in total. The number of piperidine rings is 1. The predicted molar refractivity (Wildman–Crippen MR) is 93.9 cm³/mol. The topological polar surface area (TPSA) is 63.5 Å². The van der Waals surface area contributed by atoms with Gasteiger partial charge >= 0.3 is 5.97 Å². The van der Waals surface area contributed by atoms with Crippen molar-refractivity contribution in [2.24, 2.45) is 16.3 Å². The minimum atomic E-state index is -0.424. The molecule has 25 heavy (non-hydrogen) atoms. The van der Waals surface area contributed by atoms with Crippen LogP contribution in [0.4, 0.5) is 5.69 Å². The first kappa shape index (κ1) is 17.3. The fourth-order valence-electron chi connectivity index (χ4n) is 2.68. The Bertz CT molecular complexity index is 723. The number of rotatable bonds is 4. The van der Waals surface area contributed by atoms with Crippen LogP contribution < -0.4 is 4.74 Å². The Morgan fingerprint density at radius 2 is 1.96 bits per heavy atom. The van der Waals surface area contributed by atoms with Crippen molar-refractivity contribution in [1.82, 2.24) is 5.01 Å². The van der Waals surface area contributed by atoms with Gasteiger partial charge in [0.25, 0.3) is 0 Å². The van der Waals surface area contributed by atoms with Gasteiger partial charge in [-0.15, -0.1) is 5.11 Å². The zero-order valence-corrected chi connectivity index (χ0v) is 14.7. The molecule has 0 amide bonds. The molecule has 6 heteroatoms. The molecule has 1 aliphatic carbocycles. The normalized spacial score (nSPS) is 17.1. The average Bonchev–Trinajstić information content (AvgIpc) is 3.49. The molecule has 2 fully saturated rings. The highest BCUT2D eigenvalue weighted by Gasteiger charge is 2.19. The Morgan fingerprint density at radius 1 is 1.20 bits per heavy atom. The molecule has 0 radical (unpaired) electrons. The summed E-state index contributed by atoms with van der Waals surface area (Å²) >= 11 is 0. The van der Waals surface area contributed by atoms with Gasteiger partial charge < -0.3 is 9.47 Å². The van der Waals surface area contributed by atoms with E-state index < -0.39 is 5.97 Å². The second-order valence-electron chi connectivity index (χ2n) is 6.31. The third kappa shape index (κ3) is 4.50. The number of carbonyl (C=O) groups is 1. The fraction of sp³-hybridized carbons (Fsp3) is 0.526. The van der Waals surface area contributed by atoms with Crippen molar-refractivity contribution in [3.05, 3.63) is 23.3 Å². The van der Waals surface area contributed by atoms with Crippen molar-refractivity contribution < 1.29 is 14.3 Å². The van der Waals surface area contributed by atoms with Crippen LogP contribution in [0.5, 0.6) is 5.75 Å². The molecule has 2 aliphatic rings. The van der Waals surface area contributed by atoms with Gasteiger partial charge in [0.15, 0.2) is 0 Å². The lowest BCUT2D eigenvalue weighted by molar-refractivity contribution is 0.0600. The van der Waals surface area contributed by atoms with Gasteiger partial charge in [-0.25, -0.2) is 4.79 Å². The number of hydrogen-bond donors (Lipinski definition) is 0. The van der Waals surface area contributed by atoms with Crippen molar-refractivity contribution in [2.45, 2.75) is 32.1 Å². The summed E-state index contributed by atoms with van der Waals surface area (Å²) in [6.45, 7) is 1.82. The monoisotopic (exact) mass is 341 g/mol. The maximum atomic E-state index is 11.9. The van der Waals surface area contributed by atoms with E-state index in [1.807, 2.05) is 5.01 Å². The summed E-state index contributed by atoms with van der Waals surface area (Å²) in [6.07, 6.45) is 5.76. The van der Waals surface area contributed by atoms with Crippen LogP contribution in [0.15, 0.2) is 22.5 Å². The molecule has 0 N–H and O–H groups in total. The van der Waals surface area contributed by atoms with E-state index in [-0.39, 0.29) is 0 Å². The maximum Gasteiger partial charge on any atom is 0.338 e. The largest absolute Gasteiger partial charge is 0.494 e. The molecule has 132 valence electrons. The van der Waals surface area contributed by atoms with Gasteiger partial charge in [-0.1, -0.05) is 17.1 Å². The van der Waals surface area contributed by atoms with E-state index in [1.54, 1.807) is 19.2 Å². The molecule has 0 aromatic heterocycles. The number of hydrogen-bond acceptors (Lipinski definition) is 5. The van der Waals surface area contributed by atoms with Crippen LogP contribution >= 0.6 is 0 Å². The van der Waals surface area contributed by atoms with Crippen LogP contribution in [-0.2, 0) is 4.74 Å². The molecule has 1 saturated heterocycles. The highest BCUT2D eigenvalue weighted by Crippen LogP contribution is 2.34. The second kappa shape index (κ2) is 8.02. The van der Waals surface area contributed by atoms with Gasteiger partial charge in [-0.2, -0.15) is 0 Å². The van der Waals surface area contributed by atoms with Crippen LogP contribution in [0.3, 0.4) is 0 Å². The summed E-state index contributed by atoms with van der Waals surface area (Å²) in [5.41, 5.74) is 1.61. The first-order valence-corrected chi connectivity index (χ1v) is 8.69. The van der Waals surface area contributed by atoms with Gasteiger partial charge in [0.05, 0.1) is 25.3 Å². The molecule has 0 spiro atoms. The van der Waals surface area contributed by atoms with E-state index in [0.29, 0.717) is 28.5 Å². The molecule has 0 bridgehead atoms. The minimum absolute atomic E-state index is 0.399. The Kier molecular flexibility index (Phi) is 5.54. The Balaban J connectivity index is 1.96. The maximum absolute atomic E-state index is 11.9. The number of benzene rings is 1. The fourth-order valence-corrected chi connectivity index (χ4v) is 2.68. The van der Waals surface area contributed by atoms with Crippen molar-refractivity contribution in [3.8, 4) is 17.6 Å². The molecule has 1 aromatic rings. The summed E-state index contributed by atoms with van der Waals surface area (Å²) in [5, 5.41) is 10.7. The number of esters is 1. The SMILES string of the molecule is COC(=O)c1cc(C#CC2CC2)c(/N=N/N2CCCCC2)c(OC)c1. The standard InChI is InChI=1S/C19H23N3O3/c1-24-17-13-16(19(23)25-2)12-15(9-8-14-6-7-14)18(17)20-21-22-10-4-3-5-11-22/h12-14H,3-7,10-11H2,1-2H3/b21-20+. The second-order valence-corrected chi connectivity index (χ2v) is 6.31. The summed E-state index contributed by atoms with van der Waals surface area (Å²) in [5.74, 6) is 6.86. The first-order chi connectivity index (χ1) is 12.2. The summed E-state index contributed by atoms with van der Waals surface area (Å²) in [6, 6.07) is 3.33. The third-order valence-electron chi connectivity index (χ3n) is 4.31. The third-order valence-corrected chi connectivity index (χ3v) is 4.31. The molecule has 1 saturated carbocycles. The lowest BCUT2D eigenvalue weighted by Crippen LogP contribution is -2.23. The van der Waals surface area contributed by atoms with Crippen molar-refractivity contribution in [2.75, 3.05) is 27.3 Å². The Morgan fingerprint density at radius 3 is 2.60 bits per heavy atom. The summed E-state index contributed by atoms with van der Waals surface area (Å²) in [7, 11) is 2.91. The molecule has 0 atom stereocenters. The van der Waals surface area contributed by atoms with E-state index in [1.165, 1.54) is 13.5 Å². The van der Waals surface area contributed by atoms with Gasteiger partial charge in [0.2, 0.25) is 0 Å². The van der Waals surface area contributed by atoms with Crippen molar-refractivity contribution in [1.29, 1.82) is 0 Å². The smallest absolute Gasteiger partial charge is 0.338 e. The van der Waals surface area contributed by atoms with Crippen LogP contribution in [0.1, 0.15) is 48.0 Å². The van der Waals surface area contributed by atoms with E-state index in [4.69, 9.17) is 9.47 Å². The minimum Gasteiger partial charge on any atom is -0.494 e. The molecule has 3 rings (SSSR count). The average molecular weight is 341 g/mol. The van der Waals surface area contributed by atoms with E-state index >= 15 is 0 Å². The molecular weight excluding hydrogens is 318 g/mol. The van der Waals surface area contributed by atoms with Gasteiger partial charge in [0, 0.05) is 19.0 Å². The van der Waals surface area contributed by atoms with Crippen LogP contribution in [0.2, 0.25) is 0 Å². The number of methoxy groups -OCH3 is 2. The summed E-state index contributed by atoms with van der Waals surface area (Å²) in [4.78, 5) is 11.9. The summed E-state index contributed by atoms with van der Waals surface area (Å²) < 4.78 is 10.3. The number of ether oxygens (including phenoxy) is 2. The highest BCUT2D eigenvalue weighted by atomic mass is 16.5. The van der Waals surface area contributed by atoms with Gasteiger partial charge in [-0.3, -0.25) is 5.01 Å². The van der Waals surface area contributed by atoms with Gasteiger partial charge in [0.1, 0.15) is 11.4 Å². The highest BCUT2D eigenvalue weighted by molar-refractivity contribution is 5.91. The van der Waals surface area contributed by atoms with Crippen molar-refractivity contribution >= 4 is 11.7 Å².